The smallest absolute Gasteiger partial charge is 0.410 e. The molecule has 1 aliphatic carbocycles. The van der Waals surface area contributed by atoms with Gasteiger partial charge in [-0.2, -0.15) is 5.10 Å². The standard InChI is InChI=1S/C32H50N6O4Si/c1-23(36(6)30(40)42-31(2,3)4)32(5)14-11-24(12-15-32)29(39)35-26-13-17-33-28-25(26)21-27(38-18-10-16-34-38)37(28)22-41-19-20-43(7,8)9/h10,13,16-18,21,23-24H,11-12,14-15,19-20,22H2,1-9H3,(H,33,35,39)/t23?,24-,32-. The molecule has 1 atom stereocenters. The van der Waals surface area contributed by atoms with Crippen LogP contribution in [0.5, 0.6) is 0 Å². The lowest BCUT2D eigenvalue weighted by Gasteiger charge is -2.44. The molecule has 236 valence electrons. The number of amides is 2. The van der Waals surface area contributed by atoms with Crippen LogP contribution in [0.25, 0.3) is 16.9 Å². The summed E-state index contributed by atoms with van der Waals surface area (Å²) in [6.45, 7) is 18.0. The van der Waals surface area contributed by atoms with Gasteiger partial charge >= 0.3 is 6.09 Å². The molecule has 1 aliphatic rings. The first-order valence-corrected chi connectivity index (χ1v) is 19.1. The third-order valence-electron chi connectivity index (χ3n) is 8.76. The minimum Gasteiger partial charge on any atom is -0.444 e. The van der Waals surface area contributed by atoms with E-state index >= 15 is 0 Å². The lowest BCUT2D eigenvalue weighted by atomic mass is 9.67. The predicted molar refractivity (Wildman–Crippen MR) is 173 cm³/mol. The number of hydrogen-bond donors (Lipinski definition) is 1. The van der Waals surface area contributed by atoms with Crippen LogP contribution in [0.15, 0.2) is 36.8 Å². The molecule has 0 aromatic carbocycles. The zero-order valence-electron chi connectivity index (χ0n) is 27.4. The van der Waals surface area contributed by atoms with Crippen LogP contribution in [0, 0.1) is 11.3 Å². The highest BCUT2D eigenvalue weighted by molar-refractivity contribution is 6.76. The van der Waals surface area contributed by atoms with Gasteiger partial charge in [0.1, 0.15) is 23.8 Å². The van der Waals surface area contributed by atoms with Gasteiger partial charge in [0, 0.05) is 57.7 Å². The van der Waals surface area contributed by atoms with Gasteiger partial charge in [-0.3, -0.25) is 9.36 Å². The van der Waals surface area contributed by atoms with Gasteiger partial charge in [0.25, 0.3) is 0 Å². The van der Waals surface area contributed by atoms with Gasteiger partial charge in [-0.25, -0.2) is 14.5 Å². The summed E-state index contributed by atoms with van der Waals surface area (Å²) in [5, 5.41) is 8.50. The number of anilines is 1. The van der Waals surface area contributed by atoms with Gasteiger partial charge in [-0.05, 0) is 83.0 Å². The Hall–Kier alpha value is -3.18. The number of fused-ring (bicyclic) bond motifs is 1. The second kappa shape index (κ2) is 12.8. The quantitative estimate of drug-likeness (QED) is 0.197. The molecular formula is C32H50N6O4Si. The van der Waals surface area contributed by atoms with E-state index in [2.05, 4.69) is 48.9 Å². The maximum atomic E-state index is 13.6. The number of carbonyl (C=O) groups is 2. The van der Waals surface area contributed by atoms with E-state index in [1.807, 2.05) is 49.7 Å². The second-order valence-corrected chi connectivity index (χ2v) is 20.1. The summed E-state index contributed by atoms with van der Waals surface area (Å²) in [4.78, 5) is 32.6. The highest BCUT2D eigenvalue weighted by Crippen LogP contribution is 2.43. The lowest BCUT2D eigenvalue weighted by Crippen LogP contribution is -2.49. The fourth-order valence-electron chi connectivity index (χ4n) is 5.65. The number of aromatic nitrogens is 4. The summed E-state index contributed by atoms with van der Waals surface area (Å²) in [6.07, 6.45) is 8.26. The zero-order valence-corrected chi connectivity index (χ0v) is 28.4. The van der Waals surface area contributed by atoms with E-state index < -0.39 is 13.7 Å². The Labute approximate surface area is 257 Å². The Morgan fingerprint density at radius 1 is 1.21 bits per heavy atom. The SMILES string of the molecule is CC(N(C)C(=O)OC(C)(C)C)[C@]1(C)CC[C@@H](C(=O)Nc2ccnc3c2cc(-n2cccn2)n3COCC[Si](C)(C)C)CC1. The van der Waals surface area contributed by atoms with Crippen molar-refractivity contribution in [1.82, 2.24) is 24.2 Å². The summed E-state index contributed by atoms with van der Waals surface area (Å²) in [6, 6.07) is 6.81. The van der Waals surface area contributed by atoms with Crippen molar-refractivity contribution in [3.8, 4) is 5.82 Å². The molecule has 0 aliphatic heterocycles. The normalized spacial score (nSPS) is 20.2. The molecule has 0 spiro atoms. The molecule has 43 heavy (non-hydrogen) atoms. The van der Waals surface area contributed by atoms with Crippen molar-refractivity contribution in [2.24, 2.45) is 11.3 Å². The number of rotatable bonds is 10. The first-order chi connectivity index (χ1) is 20.1. The average Bonchev–Trinajstić information content (AvgIpc) is 3.58. The molecule has 3 aromatic heterocycles. The molecule has 1 unspecified atom stereocenters. The highest BCUT2D eigenvalue weighted by atomic mass is 28.3. The van der Waals surface area contributed by atoms with Crippen molar-refractivity contribution < 1.29 is 19.1 Å². The summed E-state index contributed by atoms with van der Waals surface area (Å²) in [5.74, 6) is 0.745. The molecule has 0 saturated heterocycles. The Kier molecular flexibility index (Phi) is 9.75. The first kappa shape index (κ1) is 32.7. The topological polar surface area (TPSA) is 104 Å². The molecule has 11 heteroatoms. The molecule has 1 saturated carbocycles. The molecule has 10 nitrogen and oxygen atoms in total. The molecule has 1 N–H and O–H groups in total. The summed E-state index contributed by atoms with van der Waals surface area (Å²) in [5.41, 5.74) is 0.834. The summed E-state index contributed by atoms with van der Waals surface area (Å²) in [7, 11) is 0.587. The van der Waals surface area contributed by atoms with Gasteiger partial charge in [0.15, 0.2) is 0 Å². The Bertz CT molecular complexity index is 1400. The first-order valence-electron chi connectivity index (χ1n) is 15.4. The highest BCUT2D eigenvalue weighted by Gasteiger charge is 2.41. The van der Waals surface area contributed by atoms with Crippen LogP contribution in [0.2, 0.25) is 25.7 Å². The Morgan fingerprint density at radius 3 is 2.51 bits per heavy atom. The molecule has 3 heterocycles. The summed E-state index contributed by atoms with van der Waals surface area (Å²) >= 11 is 0. The summed E-state index contributed by atoms with van der Waals surface area (Å²) < 4.78 is 15.5. The predicted octanol–water partition coefficient (Wildman–Crippen LogP) is 6.92. The largest absolute Gasteiger partial charge is 0.444 e. The van der Waals surface area contributed by atoms with Crippen molar-refractivity contribution in [2.45, 2.75) is 104 Å². The van der Waals surface area contributed by atoms with E-state index in [4.69, 9.17) is 9.47 Å². The minimum absolute atomic E-state index is 0.0142. The fraction of sp³-hybridized carbons (Fsp3) is 0.625. The number of nitrogens with zero attached hydrogens (tertiary/aromatic N) is 5. The van der Waals surface area contributed by atoms with E-state index in [9.17, 15) is 9.59 Å². The van der Waals surface area contributed by atoms with E-state index in [0.717, 1.165) is 54.3 Å². The van der Waals surface area contributed by atoms with E-state index in [-0.39, 0.29) is 29.4 Å². The third kappa shape index (κ3) is 8.06. The fourth-order valence-corrected chi connectivity index (χ4v) is 6.41. The van der Waals surface area contributed by atoms with Gasteiger partial charge in [0.05, 0.1) is 5.69 Å². The van der Waals surface area contributed by atoms with E-state index in [0.29, 0.717) is 13.3 Å². The van der Waals surface area contributed by atoms with Gasteiger partial charge in [-0.1, -0.05) is 26.6 Å². The zero-order chi connectivity index (χ0) is 31.6. The Morgan fingerprint density at radius 2 is 1.91 bits per heavy atom. The van der Waals surface area contributed by atoms with E-state index in [1.165, 1.54) is 0 Å². The van der Waals surface area contributed by atoms with Crippen LogP contribution in [0.3, 0.4) is 0 Å². The van der Waals surface area contributed by atoms with Crippen LogP contribution in [0.1, 0.15) is 60.3 Å². The van der Waals surface area contributed by atoms with Crippen LogP contribution in [0.4, 0.5) is 10.5 Å². The van der Waals surface area contributed by atoms with Gasteiger partial charge < -0.3 is 19.7 Å². The Balaban J connectivity index is 1.46. The van der Waals surface area contributed by atoms with Crippen molar-refractivity contribution in [3.63, 3.8) is 0 Å². The monoisotopic (exact) mass is 610 g/mol. The molecule has 0 bridgehead atoms. The molecule has 3 aromatic rings. The van der Waals surface area contributed by atoms with Crippen LogP contribution >= 0.6 is 0 Å². The lowest BCUT2D eigenvalue weighted by molar-refractivity contribution is -0.121. The van der Waals surface area contributed by atoms with Crippen molar-refractivity contribution in [1.29, 1.82) is 0 Å². The maximum absolute atomic E-state index is 13.6. The number of pyridine rings is 1. The molecule has 1 fully saturated rings. The molecule has 4 rings (SSSR count). The van der Waals surface area contributed by atoms with Crippen molar-refractivity contribution in [2.75, 3.05) is 19.0 Å². The minimum atomic E-state index is -1.22. The average molecular weight is 611 g/mol. The van der Waals surface area contributed by atoms with Crippen molar-refractivity contribution >= 4 is 36.8 Å². The van der Waals surface area contributed by atoms with Gasteiger partial charge in [-0.15, -0.1) is 0 Å². The number of hydrogen-bond acceptors (Lipinski definition) is 6. The number of carbonyl (C=O) groups excluding carboxylic acids is 2. The third-order valence-corrected chi connectivity index (χ3v) is 10.5. The van der Waals surface area contributed by atoms with Crippen LogP contribution in [-0.4, -0.2) is 69.6 Å². The van der Waals surface area contributed by atoms with E-state index in [1.54, 1.807) is 29.0 Å². The molecule has 2 amide bonds. The molecular weight excluding hydrogens is 560 g/mol. The number of ether oxygens (including phenoxy) is 2. The van der Waals surface area contributed by atoms with Crippen molar-refractivity contribution in [3.05, 3.63) is 36.8 Å². The van der Waals surface area contributed by atoms with Crippen LogP contribution < -0.4 is 5.32 Å². The maximum Gasteiger partial charge on any atom is 0.410 e. The number of nitrogens with one attached hydrogen (secondary N) is 1. The van der Waals surface area contributed by atoms with Crippen LogP contribution in [-0.2, 0) is 21.0 Å². The van der Waals surface area contributed by atoms with Gasteiger partial charge in [0.2, 0.25) is 5.91 Å². The molecule has 0 radical (unpaired) electrons. The second-order valence-electron chi connectivity index (χ2n) is 14.5.